The van der Waals surface area contributed by atoms with Gasteiger partial charge in [-0.05, 0) is 43.7 Å². The topological polar surface area (TPSA) is 46.9 Å². The number of ether oxygens (including phenoxy) is 2. The van der Waals surface area contributed by atoms with Crippen LogP contribution < -0.4 is 9.64 Å². The van der Waals surface area contributed by atoms with Crippen LogP contribution in [0.4, 0.5) is 5.69 Å². The maximum absolute atomic E-state index is 13.6. The number of hydrogen-bond acceptors (Lipinski definition) is 4. The van der Waals surface area contributed by atoms with Gasteiger partial charge in [0, 0.05) is 56.0 Å². The maximum atomic E-state index is 13.6. The summed E-state index contributed by atoms with van der Waals surface area (Å²) in [6.07, 6.45) is 0. The fraction of sp³-hybridized carbons (Fsp3) is 0.400. The predicted octanol–water partition coefficient (Wildman–Crippen LogP) is 3.99. The summed E-state index contributed by atoms with van der Waals surface area (Å²) in [5.74, 6) is 0.809. The van der Waals surface area contributed by atoms with E-state index in [4.69, 9.17) is 9.47 Å². The van der Waals surface area contributed by atoms with Gasteiger partial charge in [0.25, 0.3) is 5.91 Å². The van der Waals surface area contributed by atoms with Crippen molar-refractivity contribution in [2.75, 3.05) is 44.9 Å². The number of carbonyl (C=O) groups is 1. The van der Waals surface area contributed by atoms with E-state index in [9.17, 15) is 4.79 Å². The second-order valence-electron chi connectivity index (χ2n) is 8.02. The highest BCUT2D eigenvalue weighted by Gasteiger charge is 2.23. The van der Waals surface area contributed by atoms with Crippen LogP contribution in [0.1, 0.15) is 28.5 Å². The first-order chi connectivity index (χ1) is 15.0. The standard InChI is InChI=1S/C25H31N3O3/c1-5-31-20-10-11-23-21(16-20)24(18(2)27(23)4)25(29)26(3)17-19-8-6-7-9-22(19)28-12-14-30-15-13-28/h6-11,16H,5,12-15,17H2,1-4H3. The first-order valence-corrected chi connectivity index (χ1v) is 10.9. The Morgan fingerprint density at radius 1 is 1.16 bits per heavy atom. The predicted molar refractivity (Wildman–Crippen MR) is 124 cm³/mol. The summed E-state index contributed by atoms with van der Waals surface area (Å²) < 4.78 is 13.3. The van der Waals surface area contributed by atoms with Crippen LogP contribution in [0.5, 0.6) is 5.75 Å². The monoisotopic (exact) mass is 421 g/mol. The Morgan fingerprint density at radius 3 is 2.65 bits per heavy atom. The van der Waals surface area contributed by atoms with Crippen molar-refractivity contribution in [1.29, 1.82) is 0 Å². The minimum absolute atomic E-state index is 0.0218. The molecule has 3 aromatic rings. The number of aryl methyl sites for hydroxylation is 1. The van der Waals surface area contributed by atoms with Gasteiger partial charge >= 0.3 is 0 Å². The average molecular weight is 422 g/mol. The summed E-state index contributed by atoms with van der Waals surface area (Å²) in [6.45, 7) is 8.33. The molecule has 1 saturated heterocycles. The smallest absolute Gasteiger partial charge is 0.256 e. The van der Waals surface area contributed by atoms with Crippen LogP contribution in [0.15, 0.2) is 42.5 Å². The highest BCUT2D eigenvalue weighted by atomic mass is 16.5. The van der Waals surface area contributed by atoms with Gasteiger partial charge < -0.3 is 23.8 Å². The van der Waals surface area contributed by atoms with E-state index in [2.05, 4.69) is 27.7 Å². The molecule has 6 heteroatoms. The summed E-state index contributed by atoms with van der Waals surface area (Å²) in [7, 11) is 3.88. The van der Waals surface area contributed by atoms with Crippen LogP contribution >= 0.6 is 0 Å². The molecule has 1 aliphatic rings. The lowest BCUT2D eigenvalue weighted by molar-refractivity contribution is 0.0786. The van der Waals surface area contributed by atoms with Crippen LogP contribution in [0.3, 0.4) is 0 Å². The zero-order chi connectivity index (χ0) is 22.0. The molecule has 0 atom stereocenters. The van der Waals surface area contributed by atoms with Crippen molar-refractivity contribution in [2.45, 2.75) is 20.4 Å². The van der Waals surface area contributed by atoms with Gasteiger partial charge in [-0.1, -0.05) is 18.2 Å². The van der Waals surface area contributed by atoms with Crippen molar-refractivity contribution < 1.29 is 14.3 Å². The molecule has 1 aliphatic heterocycles. The highest BCUT2D eigenvalue weighted by molar-refractivity contribution is 6.08. The molecule has 1 amide bonds. The molecule has 0 radical (unpaired) electrons. The third-order valence-electron chi connectivity index (χ3n) is 6.09. The molecule has 31 heavy (non-hydrogen) atoms. The highest BCUT2D eigenvalue weighted by Crippen LogP contribution is 2.30. The number of amides is 1. The van der Waals surface area contributed by atoms with Crippen molar-refractivity contribution in [3.8, 4) is 5.75 Å². The second kappa shape index (κ2) is 9.02. The lowest BCUT2D eigenvalue weighted by Crippen LogP contribution is -2.37. The van der Waals surface area contributed by atoms with Crippen molar-refractivity contribution in [2.24, 2.45) is 7.05 Å². The fourth-order valence-electron chi connectivity index (χ4n) is 4.35. The third kappa shape index (κ3) is 4.12. The lowest BCUT2D eigenvalue weighted by atomic mass is 10.1. The zero-order valence-corrected chi connectivity index (χ0v) is 18.9. The molecule has 0 N–H and O–H groups in total. The molecule has 0 aliphatic carbocycles. The van der Waals surface area contributed by atoms with E-state index in [0.717, 1.165) is 59.8 Å². The molecule has 0 unspecified atom stereocenters. The zero-order valence-electron chi connectivity index (χ0n) is 18.9. The lowest BCUT2D eigenvalue weighted by Gasteiger charge is -2.31. The Kier molecular flexibility index (Phi) is 6.18. The van der Waals surface area contributed by atoms with Gasteiger partial charge in [0.05, 0.1) is 25.4 Å². The summed E-state index contributed by atoms with van der Waals surface area (Å²) in [6, 6.07) is 14.3. The average Bonchev–Trinajstić information content (AvgIpc) is 3.04. The van der Waals surface area contributed by atoms with Crippen molar-refractivity contribution in [3.63, 3.8) is 0 Å². The molecule has 2 aromatic carbocycles. The van der Waals surface area contributed by atoms with Crippen LogP contribution in [-0.2, 0) is 18.3 Å². The first kappa shape index (κ1) is 21.2. The Bertz CT molecular complexity index is 1080. The van der Waals surface area contributed by atoms with E-state index in [0.29, 0.717) is 13.2 Å². The Balaban J connectivity index is 1.64. The van der Waals surface area contributed by atoms with Crippen LogP contribution in [-0.4, -0.2) is 55.3 Å². The van der Waals surface area contributed by atoms with E-state index in [-0.39, 0.29) is 5.91 Å². The summed E-state index contributed by atoms with van der Waals surface area (Å²) in [5, 5.41) is 0.935. The molecular formula is C25H31N3O3. The Labute approximate surface area is 184 Å². The molecule has 1 fully saturated rings. The van der Waals surface area contributed by atoms with Crippen LogP contribution in [0.25, 0.3) is 10.9 Å². The molecular weight excluding hydrogens is 390 g/mol. The summed E-state index contributed by atoms with van der Waals surface area (Å²) in [5.41, 5.74) is 5.06. The van der Waals surface area contributed by atoms with Crippen LogP contribution in [0.2, 0.25) is 0 Å². The molecule has 0 bridgehead atoms. The first-order valence-electron chi connectivity index (χ1n) is 10.9. The quantitative estimate of drug-likeness (QED) is 0.604. The van der Waals surface area contributed by atoms with Crippen molar-refractivity contribution in [1.82, 2.24) is 9.47 Å². The van der Waals surface area contributed by atoms with Gasteiger partial charge in [0.1, 0.15) is 5.75 Å². The molecule has 0 spiro atoms. The van der Waals surface area contributed by atoms with Gasteiger partial charge in [-0.25, -0.2) is 0 Å². The van der Waals surface area contributed by atoms with E-state index in [1.54, 1.807) is 0 Å². The van der Waals surface area contributed by atoms with Crippen molar-refractivity contribution in [3.05, 3.63) is 59.3 Å². The second-order valence-corrected chi connectivity index (χ2v) is 8.02. The van der Waals surface area contributed by atoms with Crippen molar-refractivity contribution >= 4 is 22.5 Å². The SMILES string of the molecule is CCOc1ccc2c(c1)c(C(=O)N(C)Cc1ccccc1N1CCOCC1)c(C)n2C. The van der Waals surface area contributed by atoms with E-state index < -0.39 is 0 Å². The normalized spacial score (nSPS) is 14.1. The largest absolute Gasteiger partial charge is 0.494 e. The molecule has 2 heterocycles. The van der Waals surface area contributed by atoms with E-state index in [1.807, 2.05) is 57.1 Å². The minimum Gasteiger partial charge on any atom is -0.494 e. The molecule has 6 nitrogen and oxygen atoms in total. The number of nitrogens with zero attached hydrogens (tertiary/aromatic N) is 3. The molecule has 4 rings (SSSR count). The number of aromatic nitrogens is 1. The number of benzene rings is 2. The number of hydrogen-bond donors (Lipinski definition) is 0. The fourth-order valence-corrected chi connectivity index (χ4v) is 4.35. The van der Waals surface area contributed by atoms with E-state index >= 15 is 0 Å². The van der Waals surface area contributed by atoms with Gasteiger partial charge in [0.2, 0.25) is 0 Å². The number of fused-ring (bicyclic) bond motifs is 1. The number of rotatable bonds is 6. The summed E-state index contributed by atoms with van der Waals surface area (Å²) in [4.78, 5) is 17.7. The molecule has 1 aromatic heterocycles. The van der Waals surface area contributed by atoms with Gasteiger partial charge in [-0.2, -0.15) is 0 Å². The number of anilines is 1. The number of morpholine rings is 1. The Morgan fingerprint density at radius 2 is 1.90 bits per heavy atom. The molecule has 0 saturated carbocycles. The Hall–Kier alpha value is -2.99. The van der Waals surface area contributed by atoms with Gasteiger partial charge in [-0.15, -0.1) is 0 Å². The number of para-hydroxylation sites is 1. The molecule has 164 valence electrons. The van der Waals surface area contributed by atoms with Gasteiger partial charge in [0.15, 0.2) is 0 Å². The van der Waals surface area contributed by atoms with Gasteiger partial charge in [-0.3, -0.25) is 4.79 Å². The van der Waals surface area contributed by atoms with Crippen LogP contribution in [0, 0.1) is 6.92 Å². The third-order valence-corrected chi connectivity index (χ3v) is 6.09. The van der Waals surface area contributed by atoms with E-state index in [1.165, 1.54) is 5.69 Å². The minimum atomic E-state index is 0.0218. The summed E-state index contributed by atoms with van der Waals surface area (Å²) >= 11 is 0. The number of carbonyl (C=O) groups excluding carboxylic acids is 1. The maximum Gasteiger partial charge on any atom is 0.256 e.